The summed E-state index contributed by atoms with van der Waals surface area (Å²) in [6.45, 7) is 6.70. The first kappa shape index (κ1) is 20.7. The minimum Gasteiger partial charge on any atom is -0.492 e. The Bertz CT molecular complexity index is 708. The van der Waals surface area contributed by atoms with E-state index in [0.717, 1.165) is 25.7 Å². The largest absolute Gasteiger partial charge is 0.492 e. The summed E-state index contributed by atoms with van der Waals surface area (Å²) in [5.41, 5.74) is 0.427. The maximum absolute atomic E-state index is 12.8. The van der Waals surface area contributed by atoms with Crippen molar-refractivity contribution in [3.05, 3.63) is 18.2 Å². The molecular weight excluding hydrogens is 352 g/mol. The Balaban J connectivity index is 2.31. The molecule has 7 heteroatoms. The number of hydrogen-bond donors (Lipinski definition) is 1. The predicted molar refractivity (Wildman–Crippen MR) is 103 cm³/mol. The molecule has 0 aliphatic heterocycles. The first-order valence-electron chi connectivity index (χ1n) is 9.51. The molecule has 0 aromatic heterocycles. The van der Waals surface area contributed by atoms with E-state index in [4.69, 9.17) is 4.74 Å². The fraction of sp³-hybridized carbons (Fsp3) is 0.632. The minimum atomic E-state index is -3.59. The van der Waals surface area contributed by atoms with E-state index in [2.05, 4.69) is 5.32 Å². The van der Waals surface area contributed by atoms with Crippen LogP contribution >= 0.6 is 0 Å². The summed E-state index contributed by atoms with van der Waals surface area (Å²) in [4.78, 5) is 12.8. The third kappa shape index (κ3) is 4.76. The summed E-state index contributed by atoms with van der Waals surface area (Å²) in [5.74, 6) is 0.430. The van der Waals surface area contributed by atoms with Crippen LogP contribution < -0.4 is 10.1 Å². The molecule has 0 unspecified atom stereocenters. The number of sulfonamides is 1. The molecule has 0 atom stereocenters. The molecule has 0 bridgehead atoms. The van der Waals surface area contributed by atoms with Gasteiger partial charge in [0, 0.05) is 19.0 Å². The first-order valence-corrected chi connectivity index (χ1v) is 11.0. The second kappa shape index (κ2) is 9.37. The molecule has 1 aliphatic carbocycles. The molecule has 0 spiro atoms. The summed E-state index contributed by atoms with van der Waals surface area (Å²) in [5, 5.41) is 2.91. The number of rotatable bonds is 8. The normalized spacial score (nSPS) is 15.8. The zero-order valence-corrected chi connectivity index (χ0v) is 16.8. The Morgan fingerprint density at radius 2 is 1.81 bits per heavy atom. The van der Waals surface area contributed by atoms with Crippen molar-refractivity contribution in [3.8, 4) is 5.75 Å². The number of amides is 1. The number of carbonyl (C=O) groups excluding carboxylic acids is 1. The summed E-state index contributed by atoms with van der Waals surface area (Å²) >= 11 is 0. The fourth-order valence-corrected chi connectivity index (χ4v) is 4.85. The van der Waals surface area contributed by atoms with Crippen molar-refractivity contribution in [2.75, 3.05) is 25.0 Å². The van der Waals surface area contributed by atoms with Crippen LogP contribution in [-0.4, -0.2) is 38.3 Å². The topological polar surface area (TPSA) is 75.7 Å². The van der Waals surface area contributed by atoms with Crippen LogP contribution in [0.3, 0.4) is 0 Å². The molecule has 0 radical (unpaired) electrons. The Morgan fingerprint density at radius 3 is 2.38 bits per heavy atom. The zero-order valence-electron chi connectivity index (χ0n) is 16.0. The molecule has 1 amide bonds. The van der Waals surface area contributed by atoms with Gasteiger partial charge < -0.3 is 10.1 Å². The highest BCUT2D eigenvalue weighted by atomic mass is 32.2. The molecule has 146 valence electrons. The van der Waals surface area contributed by atoms with Gasteiger partial charge in [-0.05, 0) is 38.0 Å². The van der Waals surface area contributed by atoms with Gasteiger partial charge in [-0.2, -0.15) is 4.31 Å². The number of hydrogen-bond acceptors (Lipinski definition) is 4. The Labute approximate surface area is 157 Å². The molecule has 0 saturated heterocycles. The van der Waals surface area contributed by atoms with Crippen molar-refractivity contribution in [1.29, 1.82) is 0 Å². The third-order valence-corrected chi connectivity index (χ3v) is 6.87. The molecule has 26 heavy (non-hydrogen) atoms. The van der Waals surface area contributed by atoms with Crippen molar-refractivity contribution in [2.45, 2.75) is 57.8 Å². The van der Waals surface area contributed by atoms with E-state index in [1.54, 1.807) is 19.9 Å². The minimum absolute atomic E-state index is 0.0127. The van der Waals surface area contributed by atoms with Crippen LogP contribution in [0, 0.1) is 5.92 Å². The average molecular weight is 383 g/mol. The molecule has 0 heterocycles. The van der Waals surface area contributed by atoms with Gasteiger partial charge in [-0.25, -0.2) is 8.42 Å². The van der Waals surface area contributed by atoms with E-state index in [1.807, 2.05) is 6.92 Å². The highest BCUT2D eigenvalue weighted by Gasteiger charge is 2.25. The van der Waals surface area contributed by atoms with E-state index in [-0.39, 0.29) is 16.7 Å². The molecular formula is C19H30N2O4S. The van der Waals surface area contributed by atoms with Gasteiger partial charge in [-0.15, -0.1) is 0 Å². The lowest BCUT2D eigenvalue weighted by Crippen LogP contribution is -2.30. The van der Waals surface area contributed by atoms with Crippen molar-refractivity contribution < 1.29 is 17.9 Å². The Hall–Kier alpha value is -1.60. The maximum Gasteiger partial charge on any atom is 0.243 e. The number of nitrogens with one attached hydrogen (secondary N) is 1. The molecule has 2 rings (SSSR count). The van der Waals surface area contributed by atoms with E-state index < -0.39 is 10.0 Å². The second-order valence-electron chi connectivity index (χ2n) is 6.50. The molecule has 1 aromatic rings. The van der Waals surface area contributed by atoms with Gasteiger partial charge in [-0.3, -0.25) is 4.79 Å². The number of ether oxygens (including phenoxy) is 1. The molecule has 1 fully saturated rings. The molecule has 1 N–H and O–H groups in total. The second-order valence-corrected chi connectivity index (χ2v) is 8.44. The van der Waals surface area contributed by atoms with Crippen LogP contribution in [0.4, 0.5) is 5.69 Å². The van der Waals surface area contributed by atoms with E-state index >= 15 is 0 Å². The van der Waals surface area contributed by atoms with Gasteiger partial charge in [0.25, 0.3) is 0 Å². The summed E-state index contributed by atoms with van der Waals surface area (Å²) in [6, 6.07) is 4.67. The SMILES string of the molecule is CCOc1ccc(S(=O)(=O)N(CC)CC)cc1NC(=O)C1CCCCC1. The van der Waals surface area contributed by atoms with Gasteiger partial charge in [0.05, 0.1) is 17.2 Å². The standard InChI is InChI=1S/C19H30N2O4S/c1-4-21(5-2)26(23,24)16-12-13-18(25-6-3)17(14-16)20-19(22)15-10-8-7-9-11-15/h12-15H,4-11H2,1-3H3,(H,20,22). The van der Waals surface area contributed by atoms with Crippen molar-refractivity contribution in [3.63, 3.8) is 0 Å². The number of nitrogens with zero attached hydrogens (tertiary/aromatic N) is 1. The van der Waals surface area contributed by atoms with Gasteiger partial charge in [0.15, 0.2) is 0 Å². The van der Waals surface area contributed by atoms with Gasteiger partial charge >= 0.3 is 0 Å². The predicted octanol–water partition coefficient (Wildman–Crippen LogP) is 3.63. The van der Waals surface area contributed by atoms with Gasteiger partial charge in [0.1, 0.15) is 5.75 Å². The summed E-state index contributed by atoms with van der Waals surface area (Å²) in [6.07, 6.45) is 5.06. The van der Waals surface area contributed by atoms with Crippen molar-refractivity contribution in [2.24, 2.45) is 5.92 Å². The van der Waals surface area contributed by atoms with E-state index in [1.165, 1.54) is 22.9 Å². The quantitative estimate of drug-likeness (QED) is 0.745. The van der Waals surface area contributed by atoms with Crippen LogP contribution in [0.2, 0.25) is 0 Å². The molecule has 1 aliphatic rings. The smallest absolute Gasteiger partial charge is 0.243 e. The maximum atomic E-state index is 12.8. The first-order chi connectivity index (χ1) is 12.4. The van der Waals surface area contributed by atoms with Crippen LogP contribution in [0.1, 0.15) is 52.9 Å². The van der Waals surface area contributed by atoms with Gasteiger partial charge in [-0.1, -0.05) is 33.1 Å². The number of benzene rings is 1. The lowest BCUT2D eigenvalue weighted by atomic mass is 9.88. The van der Waals surface area contributed by atoms with Crippen LogP contribution in [0.25, 0.3) is 0 Å². The Morgan fingerprint density at radius 1 is 1.15 bits per heavy atom. The van der Waals surface area contributed by atoms with E-state index in [0.29, 0.717) is 31.1 Å². The van der Waals surface area contributed by atoms with Crippen molar-refractivity contribution >= 4 is 21.6 Å². The van der Waals surface area contributed by atoms with Crippen LogP contribution in [0.15, 0.2) is 23.1 Å². The summed E-state index contributed by atoms with van der Waals surface area (Å²) < 4.78 is 32.5. The monoisotopic (exact) mass is 382 g/mol. The van der Waals surface area contributed by atoms with Crippen molar-refractivity contribution in [1.82, 2.24) is 4.31 Å². The zero-order chi connectivity index (χ0) is 19.2. The average Bonchev–Trinajstić information content (AvgIpc) is 2.64. The highest BCUT2D eigenvalue weighted by Crippen LogP contribution is 2.31. The Kier molecular flexibility index (Phi) is 7.46. The summed E-state index contributed by atoms with van der Waals surface area (Å²) in [7, 11) is -3.59. The van der Waals surface area contributed by atoms with Crippen LogP contribution in [-0.2, 0) is 14.8 Å². The number of carbonyl (C=O) groups is 1. The molecule has 1 aromatic carbocycles. The highest BCUT2D eigenvalue weighted by molar-refractivity contribution is 7.89. The van der Waals surface area contributed by atoms with E-state index in [9.17, 15) is 13.2 Å². The lowest BCUT2D eigenvalue weighted by Gasteiger charge is -2.22. The number of anilines is 1. The third-order valence-electron chi connectivity index (χ3n) is 4.83. The van der Waals surface area contributed by atoms with Gasteiger partial charge in [0.2, 0.25) is 15.9 Å². The molecule has 1 saturated carbocycles. The fourth-order valence-electron chi connectivity index (χ4n) is 3.36. The lowest BCUT2D eigenvalue weighted by molar-refractivity contribution is -0.120. The van der Waals surface area contributed by atoms with Crippen LogP contribution in [0.5, 0.6) is 5.75 Å². The molecule has 6 nitrogen and oxygen atoms in total.